The molecule has 2 unspecified atom stereocenters. The lowest BCUT2D eigenvalue weighted by Gasteiger charge is -2.17. The number of nitrogens with one attached hydrogen (secondary N) is 2. The van der Waals surface area contributed by atoms with Crippen LogP contribution in [0.3, 0.4) is 0 Å². The maximum Gasteiger partial charge on any atom is 0.237 e. The maximum absolute atomic E-state index is 11.8. The molecule has 0 fully saturated rings. The zero-order chi connectivity index (χ0) is 13.7. The number of carbonyl (C=O) groups is 1. The highest BCUT2D eigenvalue weighted by molar-refractivity contribution is 7.12. The first-order chi connectivity index (χ1) is 8.43. The lowest BCUT2D eigenvalue weighted by atomic mass is 10.2. The Bertz CT molecular complexity index is 381. The van der Waals surface area contributed by atoms with Crippen LogP contribution < -0.4 is 10.6 Å². The minimum atomic E-state index is -0.151. The minimum Gasteiger partial charge on any atom is -0.352 e. The fraction of sp³-hybridized carbons (Fsp3) is 0.643. The Morgan fingerprint density at radius 1 is 1.39 bits per heavy atom. The molecule has 1 aromatic heterocycles. The van der Waals surface area contributed by atoms with Crippen molar-refractivity contribution in [1.82, 2.24) is 10.6 Å². The molecule has 0 saturated heterocycles. The molecule has 1 amide bonds. The van der Waals surface area contributed by atoms with Gasteiger partial charge in [0.15, 0.2) is 0 Å². The second-order valence-corrected chi connectivity index (χ2v) is 6.21. The summed E-state index contributed by atoms with van der Waals surface area (Å²) in [5.74, 6) is 0.0781. The van der Waals surface area contributed by atoms with Crippen LogP contribution in [-0.2, 0) is 11.3 Å². The van der Waals surface area contributed by atoms with Crippen LogP contribution in [0, 0.1) is 13.8 Å². The fourth-order valence-corrected chi connectivity index (χ4v) is 2.56. The van der Waals surface area contributed by atoms with Gasteiger partial charge in [0.1, 0.15) is 0 Å². The van der Waals surface area contributed by atoms with Crippen LogP contribution >= 0.6 is 11.3 Å². The number of hydrogen-bond donors (Lipinski definition) is 2. The van der Waals surface area contributed by atoms with Gasteiger partial charge in [-0.2, -0.15) is 0 Å². The van der Waals surface area contributed by atoms with E-state index in [1.54, 1.807) is 11.3 Å². The van der Waals surface area contributed by atoms with Gasteiger partial charge in [-0.05, 0) is 45.7 Å². The smallest absolute Gasteiger partial charge is 0.237 e. The first kappa shape index (κ1) is 15.2. The molecule has 0 radical (unpaired) electrons. The largest absolute Gasteiger partial charge is 0.352 e. The molecular formula is C14H24N2OS. The number of thiophene rings is 1. The number of hydrogen-bond acceptors (Lipinski definition) is 3. The van der Waals surface area contributed by atoms with E-state index in [0.717, 1.165) is 13.0 Å². The van der Waals surface area contributed by atoms with E-state index in [9.17, 15) is 4.79 Å². The summed E-state index contributed by atoms with van der Waals surface area (Å²) in [5.41, 5.74) is 1.33. The molecule has 0 aliphatic carbocycles. The van der Waals surface area contributed by atoms with Crippen LogP contribution in [0.1, 0.15) is 42.5 Å². The summed E-state index contributed by atoms with van der Waals surface area (Å²) in [6.45, 7) is 11.0. The molecule has 1 rings (SSSR count). The third-order valence-corrected chi connectivity index (χ3v) is 4.35. The fourth-order valence-electron chi connectivity index (χ4n) is 1.55. The number of carbonyl (C=O) groups excluding carboxylic acids is 1. The molecule has 0 aliphatic heterocycles. The predicted molar refractivity (Wildman–Crippen MR) is 78.0 cm³/mol. The van der Waals surface area contributed by atoms with E-state index in [1.807, 2.05) is 13.8 Å². The summed E-state index contributed by atoms with van der Waals surface area (Å²) in [6.07, 6.45) is 0.960. The Morgan fingerprint density at radius 3 is 2.56 bits per heavy atom. The summed E-state index contributed by atoms with van der Waals surface area (Å²) >= 11 is 1.79. The quantitative estimate of drug-likeness (QED) is 0.833. The normalized spacial score (nSPS) is 14.3. The number of amides is 1. The molecule has 2 N–H and O–H groups in total. The third-order valence-electron chi connectivity index (χ3n) is 3.19. The van der Waals surface area contributed by atoms with Crippen molar-refractivity contribution < 1.29 is 4.79 Å². The zero-order valence-electron chi connectivity index (χ0n) is 12.0. The van der Waals surface area contributed by atoms with Gasteiger partial charge in [0.2, 0.25) is 5.91 Å². The van der Waals surface area contributed by atoms with E-state index in [2.05, 4.69) is 37.5 Å². The molecule has 1 aromatic rings. The lowest BCUT2D eigenvalue weighted by molar-refractivity contribution is -0.123. The Labute approximate surface area is 114 Å². The first-order valence-corrected chi connectivity index (χ1v) is 7.35. The molecular weight excluding hydrogens is 244 g/mol. The monoisotopic (exact) mass is 268 g/mol. The standard InChI is InChI=1S/C14H24N2OS/c1-6-10(3)16-14(17)11(4)15-8-13-7-9(2)12(5)18-13/h7,10-11,15H,6,8H2,1-5H3,(H,16,17). The summed E-state index contributed by atoms with van der Waals surface area (Å²) in [5, 5.41) is 6.25. The third kappa shape index (κ3) is 4.42. The van der Waals surface area contributed by atoms with Crippen LogP contribution in [0.25, 0.3) is 0 Å². The van der Waals surface area contributed by atoms with E-state index in [-0.39, 0.29) is 18.0 Å². The average Bonchev–Trinajstić information content (AvgIpc) is 2.65. The number of rotatable bonds is 6. The van der Waals surface area contributed by atoms with Gasteiger partial charge < -0.3 is 10.6 Å². The highest BCUT2D eigenvalue weighted by Crippen LogP contribution is 2.20. The predicted octanol–water partition coefficient (Wildman–Crippen LogP) is 2.76. The van der Waals surface area contributed by atoms with Crippen molar-refractivity contribution in [3.8, 4) is 0 Å². The molecule has 4 heteroatoms. The summed E-state index contributed by atoms with van der Waals surface area (Å²) in [7, 11) is 0. The van der Waals surface area contributed by atoms with Crippen LogP contribution in [0.15, 0.2) is 6.07 Å². The highest BCUT2D eigenvalue weighted by atomic mass is 32.1. The maximum atomic E-state index is 11.8. The molecule has 1 heterocycles. The molecule has 3 nitrogen and oxygen atoms in total. The Hall–Kier alpha value is -0.870. The zero-order valence-corrected chi connectivity index (χ0v) is 12.8. The Balaban J connectivity index is 2.40. The van der Waals surface area contributed by atoms with E-state index < -0.39 is 0 Å². The van der Waals surface area contributed by atoms with Crippen LogP contribution in [0.2, 0.25) is 0 Å². The summed E-state index contributed by atoms with van der Waals surface area (Å²) in [4.78, 5) is 14.5. The molecule has 0 saturated carbocycles. The van der Waals surface area contributed by atoms with Gasteiger partial charge in [-0.25, -0.2) is 0 Å². The molecule has 18 heavy (non-hydrogen) atoms. The van der Waals surface area contributed by atoms with E-state index in [0.29, 0.717) is 0 Å². The van der Waals surface area contributed by atoms with E-state index in [4.69, 9.17) is 0 Å². The van der Waals surface area contributed by atoms with Crippen molar-refractivity contribution in [2.24, 2.45) is 0 Å². The molecule has 2 atom stereocenters. The van der Waals surface area contributed by atoms with Gasteiger partial charge in [-0.15, -0.1) is 11.3 Å². The van der Waals surface area contributed by atoms with Crippen LogP contribution in [0.5, 0.6) is 0 Å². The van der Waals surface area contributed by atoms with Crippen molar-refractivity contribution in [2.45, 2.75) is 59.7 Å². The van der Waals surface area contributed by atoms with Crippen molar-refractivity contribution in [2.75, 3.05) is 0 Å². The first-order valence-electron chi connectivity index (χ1n) is 6.53. The Morgan fingerprint density at radius 2 is 2.06 bits per heavy atom. The molecule has 0 aromatic carbocycles. The van der Waals surface area contributed by atoms with Crippen LogP contribution in [-0.4, -0.2) is 18.0 Å². The van der Waals surface area contributed by atoms with Crippen LogP contribution in [0.4, 0.5) is 0 Å². The average molecular weight is 268 g/mol. The van der Waals surface area contributed by atoms with Crippen molar-refractivity contribution >= 4 is 17.2 Å². The number of aryl methyl sites for hydroxylation is 2. The van der Waals surface area contributed by atoms with E-state index in [1.165, 1.54) is 15.3 Å². The minimum absolute atomic E-state index is 0.0781. The van der Waals surface area contributed by atoms with E-state index >= 15 is 0 Å². The topological polar surface area (TPSA) is 41.1 Å². The molecule has 102 valence electrons. The highest BCUT2D eigenvalue weighted by Gasteiger charge is 2.14. The van der Waals surface area contributed by atoms with Gasteiger partial charge in [-0.1, -0.05) is 6.92 Å². The summed E-state index contributed by atoms with van der Waals surface area (Å²) in [6, 6.07) is 2.28. The molecule has 0 aliphatic rings. The molecule has 0 bridgehead atoms. The SMILES string of the molecule is CCC(C)NC(=O)C(C)NCc1cc(C)c(C)s1. The second kappa shape index (κ2) is 6.90. The van der Waals surface area contributed by atoms with Gasteiger partial charge in [0.25, 0.3) is 0 Å². The van der Waals surface area contributed by atoms with Gasteiger partial charge in [0.05, 0.1) is 6.04 Å². The van der Waals surface area contributed by atoms with Gasteiger partial charge in [-0.3, -0.25) is 4.79 Å². The lowest BCUT2D eigenvalue weighted by Crippen LogP contribution is -2.44. The Kier molecular flexibility index (Phi) is 5.82. The van der Waals surface area contributed by atoms with Crippen molar-refractivity contribution in [3.63, 3.8) is 0 Å². The van der Waals surface area contributed by atoms with Crippen molar-refractivity contribution in [1.29, 1.82) is 0 Å². The molecule has 0 spiro atoms. The van der Waals surface area contributed by atoms with Gasteiger partial charge in [0, 0.05) is 22.3 Å². The second-order valence-electron chi connectivity index (χ2n) is 4.87. The summed E-state index contributed by atoms with van der Waals surface area (Å²) < 4.78 is 0. The van der Waals surface area contributed by atoms with Crippen molar-refractivity contribution in [3.05, 3.63) is 21.4 Å². The van der Waals surface area contributed by atoms with Gasteiger partial charge >= 0.3 is 0 Å².